The Labute approximate surface area is 151 Å². The smallest absolute Gasteiger partial charge is 0.344 e. The molecule has 0 amide bonds. The number of ether oxygens (including phenoxy) is 1. The first-order chi connectivity index (χ1) is 10.7. The van der Waals surface area contributed by atoms with Crippen LogP contribution in [0.2, 0.25) is 0 Å². The fourth-order valence-electron chi connectivity index (χ4n) is 3.28. The molecule has 0 saturated carbocycles. The van der Waals surface area contributed by atoms with Crippen molar-refractivity contribution in [3.05, 3.63) is 54.0 Å². The van der Waals surface area contributed by atoms with E-state index >= 15 is 0 Å². The SMILES string of the molecule is CCOC(=O)c1cc2c([n+](C)c1)Cn1ccc3cccc-2c31.[I-]. The van der Waals surface area contributed by atoms with E-state index < -0.39 is 0 Å². The van der Waals surface area contributed by atoms with E-state index in [2.05, 4.69) is 35.0 Å². The van der Waals surface area contributed by atoms with Gasteiger partial charge in [-0.25, -0.2) is 9.36 Å². The number of fused-ring (bicyclic) bond motifs is 2. The Morgan fingerprint density at radius 1 is 1.30 bits per heavy atom. The third-order valence-corrected chi connectivity index (χ3v) is 4.28. The molecule has 0 unspecified atom stereocenters. The minimum absolute atomic E-state index is 0. The van der Waals surface area contributed by atoms with E-state index in [9.17, 15) is 4.79 Å². The van der Waals surface area contributed by atoms with E-state index in [-0.39, 0.29) is 29.9 Å². The van der Waals surface area contributed by atoms with Gasteiger partial charge in [0.05, 0.1) is 17.7 Å². The highest BCUT2D eigenvalue weighted by molar-refractivity contribution is 5.98. The van der Waals surface area contributed by atoms with E-state index in [1.165, 1.54) is 22.2 Å². The number of hydrogen-bond donors (Lipinski definition) is 0. The van der Waals surface area contributed by atoms with Crippen molar-refractivity contribution in [3.8, 4) is 11.1 Å². The van der Waals surface area contributed by atoms with E-state index in [0.29, 0.717) is 12.2 Å². The fraction of sp³-hybridized carbons (Fsp3) is 0.222. The third-order valence-electron chi connectivity index (χ3n) is 4.28. The van der Waals surface area contributed by atoms with E-state index in [4.69, 9.17) is 4.74 Å². The second-order valence-electron chi connectivity index (χ2n) is 5.61. The molecular weight excluding hydrogens is 403 g/mol. The van der Waals surface area contributed by atoms with Crippen LogP contribution < -0.4 is 28.5 Å². The van der Waals surface area contributed by atoms with Gasteiger partial charge >= 0.3 is 5.97 Å². The first kappa shape index (κ1) is 16.0. The average Bonchev–Trinajstić information content (AvgIpc) is 2.93. The van der Waals surface area contributed by atoms with Crippen LogP contribution in [0.25, 0.3) is 22.0 Å². The lowest BCUT2D eigenvalue weighted by Gasteiger charge is -2.18. The number of para-hydroxylation sites is 1. The Hall–Kier alpha value is -1.89. The van der Waals surface area contributed by atoms with Gasteiger partial charge in [-0.05, 0) is 19.1 Å². The first-order valence-corrected chi connectivity index (χ1v) is 7.47. The number of halogens is 1. The predicted molar refractivity (Wildman–Crippen MR) is 83.6 cm³/mol. The van der Waals surface area contributed by atoms with Crippen molar-refractivity contribution in [2.45, 2.75) is 13.5 Å². The Balaban J connectivity index is 0.00000156. The van der Waals surface area contributed by atoms with E-state index in [1.54, 1.807) is 0 Å². The van der Waals surface area contributed by atoms with Gasteiger partial charge in [-0.15, -0.1) is 0 Å². The van der Waals surface area contributed by atoms with Crippen molar-refractivity contribution in [2.24, 2.45) is 7.05 Å². The summed E-state index contributed by atoms with van der Waals surface area (Å²) in [7, 11) is 1.98. The van der Waals surface area contributed by atoms with Gasteiger partial charge in [0.25, 0.3) is 0 Å². The minimum atomic E-state index is -0.269. The van der Waals surface area contributed by atoms with Crippen LogP contribution >= 0.6 is 0 Å². The monoisotopic (exact) mass is 420 g/mol. The number of aromatic nitrogens is 2. The van der Waals surface area contributed by atoms with Crippen LogP contribution in [-0.4, -0.2) is 17.1 Å². The molecule has 1 aliphatic heterocycles. The van der Waals surface area contributed by atoms with Crippen LogP contribution in [0.5, 0.6) is 0 Å². The Morgan fingerprint density at radius 2 is 2.13 bits per heavy atom. The molecule has 4 rings (SSSR count). The van der Waals surface area contributed by atoms with Gasteiger partial charge in [0, 0.05) is 17.1 Å². The number of benzene rings is 1. The number of carbonyl (C=O) groups is 1. The summed E-state index contributed by atoms with van der Waals surface area (Å²) in [5, 5.41) is 1.23. The molecule has 0 radical (unpaired) electrons. The Kier molecular flexibility index (Phi) is 4.14. The topological polar surface area (TPSA) is 35.1 Å². The van der Waals surface area contributed by atoms with Crippen LogP contribution in [0, 0.1) is 0 Å². The van der Waals surface area contributed by atoms with Crippen molar-refractivity contribution >= 4 is 16.9 Å². The highest BCUT2D eigenvalue weighted by Gasteiger charge is 2.26. The summed E-state index contributed by atoms with van der Waals surface area (Å²) in [6.07, 6.45) is 3.97. The predicted octanol–water partition coefficient (Wildman–Crippen LogP) is -0.325. The molecule has 1 aromatic carbocycles. The van der Waals surface area contributed by atoms with Crippen molar-refractivity contribution in [3.63, 3.8) is 0 Å². The maximum atomic E-state index is 12.1. The quantitative estimate of drug-likeness (QED) is 0.253. The molecule has 5 heteroatoms. The summed E-state index contributed by atoms with van der Waals surface area (Å²) >= 11 is 0. The molecule has 3 heterocycles. The molecule has 0 atom stereocenters. The zero-order valence-corrected chi connectivity index (χ0v) is 15.2. The van der Waals surface area contributed by atoms with Gasteiger partial charge in [0.2, 0.25) is 5.69 Å². The second-order valence-corrected chi connectivity index (χ2v) is 5.61. The molecule has 0 fully saturated rings. The highest BCUT2D eigenvalue weighted by Crippen LogP contribution is 2.35. The average molecular weight is 420 g/mol. The molecule has 23 heavy (non-hydrogen) atoms. The number of hydrogen-bond acceptors (Lipinski definition) is 2. The molecule has 4 nitrogen and oxygen atoms in total. The van der Waals surface area contributed by atoms with Gasteiger partial charge in [0.15, 0.2) is 6.20 Å². The standard InChI is InChI=1S/C18H17N2O2.HI/c1-3-22-18(21)13-9-15-14-6-4-5-12-7-8-20(17(12)14)11-16(15)19(2)10-13;/h4-10H,3,11H2,1-2H3;1H/q+1;/p-1. The number of esters is 1. The first-order valence-electron chi connectivity index (χ1n) is 7.47. The van der Waals surface area contributed by atoms with Crippen LogP contribution in [0.3, 0.4) is 0 Å². The Bertz CT molecular complexity index is 915. The number of nitrogens with zero attached hydrogens (tertiary/aromatic N) is 2. The molecule has 0 bridgehead atoms. The van der Waals surface area contributed by atoms with Crippen LogP contribution in [0.15, 0.2) is 42.7 Å². The van der Waals surface area contributed by atoms with Crippen molar-refractivity contribution in [2.75, 3.05) is 6.61 Å². The number of rotatable bonds is 2. The third kappa shape index (κ3) is 2.43. The van der Waals surface area contributed by atoms with Crippen LogP contribution in [0.4, 0.5) is 0 Å². The van der Waals surface area contributed by atoms with Gasteiger partial charge in [-0.3, -0.25) is 0 Å². The van der Waals surface area contributed by atoms with Crippen molar-refractivity contribution in [1.82, 2.24) is 4.57 Å². The number of aryl methyl sites for hydroxylation is 1. The summed E-state index contributed by atoms with van der Waals surface area (Å²) in [5.74, 6) is -0.269. The van der Waals surface area contributed by atoms with Crippen LogP contribution in [0.1, 0.15) is 23.0 Å². The summed E-state index contributed by atoms with van der Waals surface area (Å²) in [6, 6.07) is 10.4. The Morgan fingerprint density at radius 3 is 2.91 bits per heavy atom. The number of pyridine rings is 1. The molecular formula is C18H17IN2O2. The molecule has 118 valence electrons. The summed E-state index contributed by atoms with van der Waals surface area (Å²) in [5.41, 5.74) is 5.32. The van der Waals surface area contributed by atoms with E-state index in [1.807, 2.05) is 30.8 Å². The molecule has 3 aromatic rings. The van der Waals surface area contributed by atoms with Crippen molar-refractivity contribution < 1.29 is 38.1 Å². The lowest BCUT2D eigenvalue weighted by atomic mass is 9.97. The lowest BCUT2D eigenvalue weighted by Crippen LogP contribution is -3.00. The van der Waals surface area contributed by atoms with Gasteiger partial charge in [0.1, 0.15) is 19.2 Å². The maximum Gasteiger partial charge on any atom is 0.344 e. The molecule has 1 aliphatic rings. The number of carbonyl (C=O) groups excluding carboxylic acids is 1. The van der Waals surface area contributed by atoms with Gasteiger partial charge in [-0.1, -0.05) is 18.2 Å². The minimum Gasteiger partial charge on any atom is -1.00 e. The zero-order valence-electron chi connectivity index (χ0n) is 13.0. The lowest BCUT2D eigenvalue weighted by molar-refractivity contribution is -0.679. The molecule has 0 saturated heterocycles. The van der Waals surface area contributed by atoms with Gasteiger partial charge in [-0.2, -0.15) is 0 Å². The summed E-state index contributed by atoms with van der Waals surface area (Å²) in [4.78, 5) is 12.1. The van der Waals surface area contributed by atoms with Gasteiger partial charge < -0.3 is 33.3 Å². The second kappa shape index (κ2) is 5.96. The maximum absolute atomic E-state index is 12.1. The zero-order chi connectivity index (χ0) is 15.3. The summed E-state index contributed by atoms with van der Waals surface area (Å²) in [6.45, 7) is 3.03. The molecule has 0 aliphatic carbocycles. The largest absolute Gasteiger partial charge is 1.00 e. The molecule has 0 N–H and O–H groups in total. The molecule has 2 aromatic heterocycles. The highest BCUT2D eigenvalue weighted by atomic mass is 127. The van der Waals surface area contributed by atoms with Crippen LogP contribution in [-0.2, 0) is 18.3 Å². The van der Waals surface area contributed by atoms with Crippen molar-refractivity contribution in [1.29, 1.82) is 0 Å². The van der Waals surface area contributed by atoms with E-state index in [0.717, 1.165) is 12.1 Å². The fourth-order valence-corrected chi connectivity index (χ4v) is 3.28. The molecule has 0 spiro atoms. The summed E-state index contributed by atoms with van der Waals surface area (Å²) < 4.78 is 9.44. The normalized spacial score (nSPS) is 11.7.